The van der Waals surface area contributed by atoms with Gasteiger partial charge < -0.3 is 24.6 Å². The largest absolute Gasteiger partial charge is 0.491 e. The van der Waals surface area contributed by atoms with Crippen LogP contribution in [0.25, 0.3) is 0 Å². The Balaban J connectivity index is 0.000000612. The van der Waals surface area contributed by atoms with Gasteiger partial charge in [-0.2, -0.15) is 0 Å². The molecular formula is C21H32ClNO6. The van der Waals surface area contributed by atoms with Crippen LogP contribution in [0.1, 0.15) is 45.6 Å². The maximum absolute atomic E-state index is 9.10. The zero-order valence-corrected chi connectivity index (χ0v) is 18.2. The molecule has 1 fully saturated rings. The molecule has 1 saturated heterocycles. The van der Waals surface area contributed by atoms with E-state index in [2.05, 4.69) is 25.7 Å². The lowest BCUT2D eigenvalue weighted by Crippen LogP contribution is -2.32. The van der Waals surface area contributed by atoms with Crippen molar-refractivity contribution in [2.75, 3.05) is 39.5 Å². The zero-order valence-electron chi connectivity index (χ0n) is 17.4. The third-order valence-electron chi connectivity index (χ3n) is 4.42. The molecule has 1 aliphatic heterocycles. The summed E-state index contributed by atoms with van der Waals surface area (Å²) in [5.74, 6) is -2.74. The van der Waals surface area contributed by atoms with Crippen molar-refractivity contribution >= 4 is 23.5 Å². The molecule has 1 aliphatic rings. The van der Waals surface area contributed by atoms with Crippen LogP contribution in [0.2, 0.25) is 5.02 Å². The number of hydrogen-bond acceptors (Lipinski definition) is 5. The van der Waals surface area contributed by atoms with Crippen molar-refractivity contribution in [3.05, 3.63) is 28.8 Å². The molecule has 0 spiro atoms. The first-order chi connectivity index (χ1) is 13.6. The Kier molecular flexibility index (Phi) is 11.0. The van der Waals surface area contributed by atoms with Crippen LogP contribution in [-0.4, -0.2) is 66.5 Å². The van der Waals surface area contributed by atoms with E-state index in [1.165, 1.54) is 32.4 Å². The number of carboxylic acid groups (broad SMARTS) is 2. The highest BCUT2D eigenvalue weighted by Gasteiger charge is 2.19. The molecule has 29 heavy (non-hydrogen) atoms. The molecule has 2 rings (SSSR count). The van der Waals surface area contributed by atoms with Crippen molar-refractivity contribution in [2.24, 2.45) is 0 Å². The van der Waals surface area contributed by atoms with E-state index in [0.717, 1.165) is 29.5 Å². The summed E-state index contributed by atoms with van der Waals surface area (Å²) in [6, 6.07) is 5.83. The van der Waals surface area contributed by atoms with E-state index in [9.17, 15) is 0 Å². The lowest BCUT2D eigenvalue weighted by molar-refractivity contribution is -0.159. The molecule has 0 radical (unpaired) electrons. The fourth-order valence-corrected chi connectivity index (χ4v) is 3.08. The van der Waals surface area contributed by atoms with E-state index >= 15 is 0 Å². The number of nitrogens with zero attached hydrogens (tertiary/aromatic N) is 1. The number of rotatable bonds is 7. The van der Waals surface area contributed by atoms with Crippen LogP contribution in [-0.2, 0) is 19.7 Å². The van der Waals surface area contributed by atoms with E-state index < -0.39 is 11.9 Å². The summed E-state index contributed by atoms with van der Waals surface area (Å²) >= 11 is 6.11. The van der Waals surface area contributed by atoms with Crippen LogP contribution in [0.15, 0.2) is 18.2 Å². The molecule has 1 aromatic carbocycles. The van der Waals surface area contributed by atoms with E-state index in [-0.39, 0.29) is 5.41 Å². The minimum Gasteiger partial charge on any atom is -0.491 e. The van der Waals surface area contributed by atoms with Gasteiger partial charge in [-0.1, -0.05) is 38.8 Å². The van der Waals surface area contributed by atoms with Gasteiger partial charge in [0.15, 0.2) is 0 Å². The van der Waals surface area contributed by atoms with Gasteiger partial charge in [0.05, 0.1) is 13.2 Å². The van der Waals surface area contributed by atoms with Crippen molar-refractivity contribution < 1.29 is 29.3 Å². The molecule has 0 unspecified atom stereocenters. The van der Waals surface area contributed by atoms with Crippen LogP contribution >= 0.6 is 11.6 Å². The number of ether oxygens (including phenoxy) is 2. The molecule has 0 saturated carbocycles. The van der Waals surface area contributed by atoms with Crippen molar-refractivity contribution in [3.63, 3.8) is 0 Å². The summed E-state index contributed by atoms with van der Waals surface area (Å²) in [5.41, 5.74) is 1.15. The molecule has 1 aromatic rings. The van der Waals surface area contributed by atoms with E-state index in [1.54, 1.807) is 0 Å². The standard InChI is InChI=1S/C19H30ClNO2.C2H2O4/c1-19(2,3)17-15-16(20)7-8-18(17)23-14-13-22-12-11-21-9-5-4-6-10-21;3-1(4)2(5)6/h7-8,15H,4-6,9-14H2,1-3H3;(H,3,4)(H,5,6). The number of carboxylic acids is 2. The van der Waals surface area contributed by atoms with Gasteiger partial charge >= 0.3 is 11.9 Å². The Labute approximate surface area is 177 Å². The van der Waals surface area contributed by atoms with Gasteiger partial charge in [0.25, 0.3) is 0 Å². The Morgan fingerprint density at radius 3 is 2.21 bits per heavy atom. The summed E-state index contributed by atoms with van der Waals surface area (Å²) in [6.07, 6.45) is 4.03. The summed E-state index contributed by atoms with van der Waals surface area (Å²) in [4.78, 5) is 20.7. The third kappa shape index (κ3) is 10.5. The van der Waals surface area contributed by atoms with Gasteiger partial charge in [-0.3, -0.25) is 0 Å². The number of carbonyl (C=O) groups is 2. The number of piperidine rings is 1. The molecule has 0 aromatic heterocycles. The lowest BCUT2D eigenvalue weighted by Gasteiger charge is -2.26. The topological polar surface area (TPSA) is 96.3 Å². The Hall–Kier alpha value is -1.83. The van der Waals surface area contributed by atoms with Gasteiger partial charge in [-0.25, -0.2) is 9.59 Å². The monoisotopic (exact) mass is 429 g/mol. The van der Waals surface area contributed by atoms with E-state index in [1.807, 2.05) is 18.2 Å². The van der Waals surface area contributed by atoms with E-state index in [4.69, 9.17) is 40.9 Å². The molecule has 7 nitrogen and oxygen atoms in total. The highest BCUT2D eigenvalue weighted by Crippen LogP contribution is 2.33. The van der Waals surface area contributed by atoms with Crippen molar-refractivity contribution in [2.45, 2.75) is 45.4 Å². The van der Waals surface area contributed by atoms with Gasteiger partial charge in [-0.05, 0) is 49.5 Å². The number of aliphatic carboxylic acids is 2. The first-order valence-corrected chi connectivity index (χ1v) is 10.2. The van der Waals surface area contributed by atoms with Crippen molar-refractivity contribution in [1.82, 2.24) is 4.90 Å². The second-order valence-corrected chi connectivity index (χ2v) is 8.30. The maximum Gasteiger partial charge on any atom is 0.414 e. The smallest absolute Gasteiger partial charge is 0.414 e. The molecule has 8 heteroatoms. The first kappa shape index (κ1) is 25.2. The minimum atomic E-state index is -1.82. The lowest BCUT2D eigenvalue weighted by atomic mass is 9.86. The number of halogens is 1. The molecule has 0 aliphatic carbocycles. The van der Waals surface area contributed by atoms with Gasteiger partial charge in [-0.15, -0.1) is 0 Å². The quantitative estimate of drug-likeness (QED) is 0.504. The third-order valence-corrected chi connectivity index (χ3v) is 4.65. The van der Waals surface area contributed by atoms with Crippen LogP contribution in [0, 0.1) is 0 Å². The highest BCUT2D eigenvalue weighted by atomic mass is 35.5. The second kappa shape index (κ2) is 12.7. The van der Waals surface area contributed by atoms with Crippen LogP contribution in [0.4, 0.5) is 0 Å². The fourth-order valence-electron chi connectivity index (χ4n) is 2.90. The number of benzene rings is 1. The SMILES string of the molecule is CC(C)(C)c1cc(Cl)ccc1OCCOCCN1CCCCC1.O=C(O)C(=O)O. The number of likely N-dealkylation sites (tertiary alicyclic amines) is 1. The highest BCUT2D eigenvalue weighted by molar-refractivity contribution is 6.30. The van der Waals surface area contributed by atoms with Crippen LogP contribution < -0.4 is 4.74 Å². The zero-order chi connectivity index (χ0) is 21.9. The Morgan fingerprint density at radius 2 is 1.66 bits per heavy atom. The summed E-state index contributed by atoms with van der Waals surface area (Å²) < 4.78 is 11.6. The summed E-state index contributed by atoms with van der Waals surface area (Å²) in [5, 5.41) is 15.5. The van der Waals surface area contributed by atoms with Gasteiger partial charge in [0.1, 0.15) is 12.4 Å². The first-order valence-electron chi connectivity index (χ1n) is 9.80. The average molecular weight is 430 g/mol. The molecular weight excluding hydrogens is 398 g/mol. The van der Waals surface area contributed by atoms with Crippen LogP contribution in [0.3, 0.4) is 0 Å². The van der Waals surface area contributed by atoms with Crippen molar-refractivity contribution in [1.29, 1.82) is 0 Å². The van der Waals surface area contributed by atoms with E-state index in [0.29, 0.717) is 13.2 Å². The normalized spacial score (nSPS) is 14.6. The predicted molar refractivity (Wildman–Crippen MR) is 112 cm³/mol. The molecule has 0 atom stereocenters. The Morgan fingerprint density at radius 1 is 1.03 bits per heavy atom. The molecule has 164 valence electrons. The summed E-state index contributed by atoms with van der Waals surface area (Å²) in [7, 11) is 0. The van der Waals surface area contributed by atoms with Gasteiger partial charge in [0.2, 0.25) is 0 Å². The molecule has 2 N–H and O–H groups in total. The second-order valence-electron chi connectivity index (χ2n) is 7.86. The molecule has 1 heterocycles. The summed E-state index contributed by atoms with van der Waals surface area (Å²) in [6.45, 7) is 12.0. The van der Waals surface area contributed by atoms with Gasteiger partial charge in [0, 0.05) is 17.1 Å². The van der Waals surface area contributed by atoms with Crippen molar-refractivity contribution in [3.8, 4) is 5.75 Å². The predicted octanol–water partition coefficient (Wildman–Crippen LogP) is 3.67. The minimum absolute atomic E-state index is 0.00928. The fraction of sp³-hybridized carbons (Fsp3) is 0.619. The molecule has 0 amide bonds. The average Bonchev–Trinajstić information content (AvgIpc) is 2.66. The van der Waals surface area contributed by atoms with Crippen LogP contribution in [0.5, 0.6) is 5.75 Å². The maximum atomic E-state index is 9.10. The number of hydrogen-bond donors (Lipinski definition) is 2. The molecule has 0 bridgehead atoms. The Bertz CT molecular complexity index is 641.